The Balaban J connectivity index is 2.80. The molecule has 0 bridgehead atoms. The van der Waals surface area contributed by atoms with Crippen molar-refractivity contribution in [2.75, 3.05) is 6.54 Å². The van der Waals surface area contributed by atoms with Crippen molar-refractivity contribution >= 4 is 34.8 Å². The lowest BCUT2D eigenvalue weighted by Gasteiger charge is -1.99. The van der Waals surface area contributed by atoms with E-state index in [1.165, 1.54) is 0 Å². The number of rotatable bonds is 2. The van der Waals surface area contributed by atoms with Gasteiger partial charge in [0.25, 0.3) is 0 Å². The van der Waals surface area contributed by atoms with E-state index in [1.807, 2.05) is 0 Å². The highest BCUT2D eigenvalue weighted by atomic mass is 35.5. The van der Waals surface area contributed by atoms with Gasteiger partial charge in [0.1, 0.15) is 0 Å². The van der Waals surface area contributed by atoms with Gasteiger partial charge in [0.15, 0.2) is 0 Å². The summed E-state index contributed by atoms with van der Waals surface area (Å²) in [6.45, 7) is 0.336. The molecule has 1 aromatic carbocycles. The van der Waals surface area contributed by atoms with Crippen LogP contribution in [0.4, 0.5) is 0 Å². The molecule has 3 nitrogen and oxygen atoms in total. The molecule has 82 valence electrons. The first kappa shape index (κ1) is 13.0. The Hall–Kier alpha value is -1.04. The van der Waals surface area contributed by atoms with Crippen LogP contribution in [0.5, 0.6) is 0 Å². The van der Waals surface area contributed by atoms with Crippen LogP contribution in [0.3, 0.4) is 0 Å². The third kappa shape index (κ3) is 3.84. The zero-order valence-corrected chi connectivity index (χ0v) is 10.3. The molecule has 6 heteroatoms. The molecule has 0 fully saturated rings. The molecule has 0 aromatic heterocycles. The summed E-state index contributed by atoms with van der Waals surface area (Å²) in [4.78, 5) is 2.62. The summed E-state index contributed by atoms with van der Waals surface area (Å²) in [6.07, 6.45) is 0.473. The Labute approximate surface area is 108 Å². The fourth-order valence-electron chi connectivity index (χ4n) is 0.927. The van der Waals surface area contributed by atoms with Crippen LogP contribution in [-0.4, -0.2) is 6.54 Å². The largest absolute Gasteiger partial charge is 0.0977 e. The Morgan fingerprint density at radius 1 is 1.19 bits per heavy atom. The molecule has 0 amide bonds. The maximum absolute atomic E-state index is 8.05. The quantitative estimate of drug-likeness (QED) is 0.187. The molecule has 0 aliphatic rings. The van der Waals surface area contributed by atoms with Crippen LogP contribution >= 0.6 is 34.8 Å². The molecule has 0 spiro atoms. The van der Waals surface area contributed by atoms with Gasteiger partial charge >= 0.3 is 0 Å². The lowest BCUT2D eigenvalue weighted by molar-refractivity contribution is 1.01. The van der Waals surface area contributed by atoms with E-state index in [1.54, 1.807) is 12.1 Å². The lowest BCUT2D eigenvalue weighted by atomic mass is 10.2. The van der Waals surface area contributed by atoms with Crippen molar-refractivity contribution in [3.05, 3.63) is 43.2 Å². The second kappa shape index (κ2) is 6.52. The molecule has 0 unspecified atom stereocenters. The summed E-state index contributed by atoms with van der Waals surface area (Å²) in [5.41, 5.74) is 8.66. The van der Waals surface area contributed by atoms with E-state index in [4.69, 9.17) is 40.3 Å². The Morgan fingerprint density at radius 3 is 2.56 bits per heavy atom. The predicted octanol–water partition coefficient (Wildman–Crippen LogP) is 4.70. The molecule has 0 aliphatic heterocycles. The average Bonchev–Trinajstić information content (AvgIpc) is 2.25. The van der Waals surface area contributed by atoms with Gasteiger partial charge in [-0.3, -0.25) is 0 Å². The second-order valence-corrected chi connectivity index (χ2v) is 3.97. The van der Waals surface area contributed by atoms with E-state index in [2.05, 4.69) is 21.9 Å². The summed E-state index contributed by atoms with van der Waals surface area (Å²) in [5.74, 6) is 5.65. The minimum Gasteiger partial charge on any atom is -0.0977 e. The van der Waals surface area contributed by atoms with Crippen LogP contribution in [0.25, 0.3) is 10.4 Å². The molecule has 0 radical (unpaired) electrons. The van der Waals surface area contributed by atoms with Gasteiger partial charge < -0.3 is 0 Å². The van der Waals surface area contributed by atoms with E-state index in [0.29, 0.717) is 33.6 Å². The van der Waals surface area contributed by atoms with E-state index in [0.717, 1.165) is 0 Å². The van der Waals surface area contributed by atoms with Gasteiger partial charge in [-0.25, -0.2) is 0 Å². The Kier molecular flexibility index (Phi) is 5.31. The minimum absolute atomic E-state index is 0.336. The smallest absolute Gasteiger partial charge is 0.0608 e. The highest BCUT2D eigenvalue weighted by Gasteiger charge is 2.03. The maximum atomic E-state index is 8.05. The molecular formula is C10H6Cl3N3. The minimum atomic E-state index is 0.336. The van der Waals surface area contributed by atoms with Crippen molar-refractivity contribution in [3.63, 3.8) is 0 Å². The van der Waals surface area contributed by atoms with Gasteiger partial charge in [-0.2, -0.15) is 0 Å². The summed E-state index contributed by atoms with van der Waals surface area (Å²) < 4.78 is 0. The first-order chi connectivity index (χ1) is 7.65. The molecule has 1 aromatic rings. The van der Waals surface area contributed by atoms with Crippen LogP contribution in [-0.2, 0) is 0 Å². The number of benzene rings is 1. The zero-order chi connectivity index (χ0) is 12.0. The zero-order valence-electron chi connectivity index (χ0n) is 8.04. The number of halogens is 3. The lowest BCUT2D eigenvalue weighted by Crippen LogP contribution is -1.80. The van der Waals surface area contributed by atoms with Crippen molar-refractivity contribution in [1.29, 1.82) is 0 Å². The monoisotopic (exact) mass is 273 g/mol. The third-order valence-corrected chi connectivity index (χ3v) is 2.67. The topological polar surface area (TPSA) is 48.8 Å². The van der Waals surface area contributed by atoms with Crippen molar-refractivity contribution in [1.82, 2.24) is 0 Å². The molecule has 0 N–H and O–H groups in total. The van der Waals surface area contributed by atoms with E-state index < -0.39 is 0 Å². The predicted molar refractivity (Wildman–Crippen MR) is 67.0 cm³/mol. The first-order valence-corrected chi connectivity index (χ1v) is 5.43. The van der Waals surface area contributed by atoms with Crippen LogP contribution in [0, 0.1) is 11.8 Å². The molecule has 0 saturated heterocycles. The van der Waals surface area contributed by atoms with Gasteiger partial charge in [0.2, 0.25) is 0 Å². The van der Waals surface area contributed by atoms with E-state index in [9.17, 15) is 0 Å². The first-order valence-electron chi connectivity index (χ1n) is 4.29. The molecule has 0 heterocycles. The number of hydrogen-bond acceptors (Lipinski definition) is 1. The SMILES string of the molecule is [N-]=[N+]=NCCC#Cc1cc(Cl)c(Cl)cc1Cl. The van der Waals surface area contributed by atoms with Gasteiger partial charge in [-0.15, -0.1) is 0 Å². The second-order valence-electron chi connectivity index (χ2n) is 2.75. The third-order valence-electron chi connectivity index (χ3n) is 1.63. The highest BCUT2D eigenvalue weighted by Crippen LogP contribution is 2.28. The van der Waals surface area contributed by atoms with Crippen molar-refractivity contribution in [2.24, 2.45) is 5.11 Å². The van der Waals surface area contributed by atoms with E-state index in [-0.39, 0.29) is 0 Å². The highest BCUT2D eigenvalue weighted by molar-refractivity contribution is 6.43. The normalized spacial score (nSPS) is 8.94. The fraction of sp³-hybridized carbons (Fsp3) is 0.200. The molecule has 1 rings (SSSR count). The number of azide groups is 1. The maximum Gasteiger partial charge on any atom is 0.0608 e. The van der Waals surface area contributed by atoms with Crippen LogP contribution < -0.4 is 0 Å². The summed E-state index contributed by atoms with van der Waals surface area (Å²) in [7, 11) is 0. The molecule has 0 saturated carbocycles. The molecule has 0 aliphatic carbocycles. The van der Waals surface area contributed by atoms with Crippen LogP contribution in [0.1, 0.15) is 12.0 Å². The Bertz CT molecular complexity index is 496. The number of hydrogen-bond donors (Lipinski definition) is 0. The summed E-state index contributed by atoms with van der Waals surface area (Å²) in [5, 5.41) is 4.61. The molecule has 16 heavy (non-hydrogen) atoms. The number of nitrogens with zero attached hydrogens (tertiary/aromatic N) is 3. The van der Waals surface area contributed by atoms with Crippen molar-refractivity contribution in [2.45, 2.75) is 6.42 Å². The van der Waals surface area contributed by atoms with Gasteiger partial charge in [0.05, 0.1) is 15.1 Å². The Morgan fingerprint density at radius 2 is 1.88 bits per heavy atom. The van der Waals surface area contributed by atoms with Gasteiger partial charge in [-0.1, -0.05) is 51.8 Å². The fourth-order valence-corrected chi connectivity index (χ4v) is 1.52. The van der Waals surface area contributed by atoms with Gasteiger partial charge in [-0.05, 0) is 17.7 Å². The van der Waals surface area contributed by atoms with Crippen molar-refractivity contribution < 1.29 is 0 Å². The molecular weight excluding hydrogens is 268 g/mol. The van der Waals surface area contributed by atoms with Crippen LogP contribution in [0.2, 0.25) is 15.1 Å². The summed E-state index contributed by atoms with van der Waals surface area (Å²) in [6, 6.07) is 3.15. The standard InChI is InChI=1S/C10H6Cl3N3/c11-8-6-10(13)9(12)5-7(8)3-1-2-4-15-16-14/h5-6H,2,4H2. The summed E-state index contributed by atoms with van der Waals surface area (Å²) >= 11 is 17.5. The average molecular weight is 275 g/mol. The van der Waals surface area contributed by atoms with Crippen molar-refractivity contribution in [3.8, 4) is 11.8 Å². The molecule has 0 atom stereocenters. The van der Waals surface area contributed by atoms with E-state index >= 15 is 0 Å². The van der Waals surface area contributed by atoms with Crippen LogP contribution in [0.15, 0.2) is 17.2 Å². The van der Waals surface area contributed by atoms with Gasteiger partial charge in [0, 0.05) is 23.4 Å².